The predicted octanol–water partition coefficient (Wildman–Crippen LogP) is 7.32. The van der Waals surface area contributed by atoms with E-state index in [2.05, 4.69) is 4.98 Å². The smallest absolute Gasteiger partial charge is 0.417 e. The molecule has 0 aliphatic carbocycles. The lowest BCUT2D eigenvalue weighted by atomic mass is 10.0. The molecule has 0 spiro atoms. The van der Waals surface area contributed by atoms with E-state index < -0.39 is 23.8 Å². The number of carboxylic acid groups (broad SMARTS) is 1. The third-order valence-corrected chi connectivity index (χ3v) is 6.91. The first-order valence-electron chi connectivity index (χ1n) is 11.6. The molecule has 0 bridgehead atoms. The van der Waals surface area contributed by atoms with Gasteiger partial charge in [-0.3, -0.25) is 4.79 Å². The minimum Gasteiger partial charge on any atom is -0.479 e. The molecular formula is C27H28F3NO4S. The van der Waals surface area contributed by atoms with E-state index in [0.29, 0.717) is 29.0 Å². The molecule has 0 fully saturated rings. The zero-order valence-electron chi connectivity index (χ0n) is 20.5. The highest BCUT2D eigenvalue weighted by Crippen LogP contribution is 2.40. The average Bonchev–Trinajstić information content (AvgIpc) is 3.26. The quantitative estimate of drug-likeness (QED) is 0.284. The number of benzene rings is 2. The van der Waals surface area contributed by atoms with Crippen LogP contribution in [0.3, 0.4) is 0 Å². The molecule has 0 saturated heterocycles. The fourth-order valence-electron chi connectivity index (χ4n) is 3.76. The lowest BCUT2D eigenvalue weighted by Gasteiger charge is -2.16. The first-order valence-corrected chi connectivity index (χ1v) is 12.4. The lowest BCUT2D eigenvalue weighted by Crippen LogP contribution is -2.26. The van der Waals surface area contributed by atoms with Crippen molar-refractivity contribution in [2.45, 2.75) is 65.2 Å². The Morgan fingerprint density at radius 2 is 1.83 bits per heavy atom. The van der Waals surface area contributed by atoms with Crippen molar-refractivity contribution in [2.75, 3.05) is 0 Å². The highest BCUT2D eigenvalue weighted by molar-refractivity contribution is 7.15. The zero-order chi connectivity index (χ0) is 26.6. The van der Waals surface area contributed by atoms with Crippen molar-refractivity contribution in [3.05, 3.63) is 69.7 Å². The average molecular weight is 520 g/mol. The molecule has 1 heterocycles. The van der Waals surface area contributed by atoms with E-state index >= 15 is 0 Å². The molecule has 3 aromatic rings. The van der Waals surface area contributed by atoms with Gasteiger partial charge in [0.05, 0.1) is 11.3 Å². The van der Waals surface area contributed by atoms with Gasteiger partial charge >= 0.3 is 12.1 Å². The minimum atomic E-state index is -4.50. The second-order valence-corrected chi connectivity index (χ2v) is 9.87. The Hall–Kier alpha value is -3.20. The van der Waals surface area contributed by atoms with E-state index in [0.717, 1.165) is 10.9 Å². The molecule has 5 nitrogen and oxygen atoms in total. The molecule has 192 valence electrons. The summed E-state index contributed by atoms with van der Waals surface area (Å²) in [5.41, 5.74) is 1.06. The molecule has 1 atom stereocenters. The molecule has 0 radical (unpaired) electrons. The highest BCUT2D eigenvalue weighted by Gasteiger charge is 2.34. The second-order valence-electron chi connectivity index (χ2n) is 8.78. The first kappa shape index (κ1) is 27.4. The van der Waals surface area contributed by atoms with Crippen LogP contribution in [0.2, 0.25) is 0 Å². The van der Waals surface area contributed by atoms with Crippen LogP contribution in [0.4, 0.5) is 13.2 Å². The molecule has 1 unspecified atom stereocenters. The van der Waals surface area contributed by atoms with E-state index in [1.165, 1.54) is 23.5 Å². The number of carboxylic acids is 1. The monoisotopic (exact) mass is 519 g/mol. The zero-order valence-corrected chi connectivity index (χ0v) is 21.3. The normalized spacial score (nSPS) is 12.6. The topological polar surface area (TPSA) is 76.5 Å². The van der Waals surface area contributed by atoms with E-state index in [1.54, 1.807) is 38.1 Å². The summed E-state index contributed by atoms with van der Waals surface area (Å²) in [6, 6.07) is 10.3. The van der Waals surface area contributed by atoms with E-state index in [9.17, 15) is 27.9 Å². The van der Waals surface area contributed by atoms with Crippen LogP contribution < -0.4 is 4.74 Å². The third kappa shape index (κ3) is 6.32. The molecule has 0 aliphatic heterocycles. The summed E-state index contributed by atoms with van der Waals surface area (Å²) >= 11 is 1.18. The summed E-state index contributed by atoms with van der Waals surface area (Å²) in [5.74, 6) is -0.951. The number of ether oxygens (including phenoxy) is 1. The SMILES string of the molecule is CCC(Oc1cc(C(=O)CCc2sc(-c3ccccc3C(F)(F)F)nc2C(C)C)ccc1C)C(=O)O. The van der Waals surface area contributed by atoms with Crippen LogP contribution in [-0.4, -0.2) is 27.9 Å². The molecule has 9 heteroatoms. The molecule has 3 rings (SSSR count). The first-order chi connectivity index (χ1) is 16.9. The summed E-state index contributed by atoms with van der Waals surface area (Å²) < 4.78 is 46.2. The molecule has 1 N–H and O–H groups in total. The van der Waals surface area contributed by atoms with Gasteiger partial charge in [0.25, 0.3) is 0 Å². The molecular weight excluding hydrogens is 491 g/mol. The van der Waals surface area contributed by atoms with Crippen LogP contribution >= 0.6 is 11.3 Å². The van der Waals surface area contributed by atoms with Gasteiger partial charge in [0, 0.05) is 22.4 Å². The molecule has 0 saturated carbocycles. The van der Waals surface area contributed by atoms with Gasteiger partial charge in [0.1, 0.15) is 10.8 Å². The largest absolute Gasteiger partial charge is 0.479 e. The van der Waals surface area contributed by atoms with Crippen molar-refractivity contribution >= 4 is 23.1 Å². The van der Waals surface area contributed by atoms with Gasteiger partial charge in [-0.25, -0.2) is 9.78 Å². The number of aromatic nitrogens is 1. The number of alkyl halides is 3. The predicted molar refractivity (Wildman–Crippen MR) is 133 cm³/mol. The van der Waals surface area contributed by atoms with Crippen molar-refractivity contribution < 1.29 is 32.6 Å². The molecule has 1 aromatic heterocycles. The standard InChI is InChI=1S/C27H28F3NO4S/c1-5-21(26(33)34)35-22-14-17(11-10-16(22)4)20(32)12-13-23-24(15(2)3)31-25(36-23)18-8-6-7-9-19(18)27(28,29)30/h6-11,14-15,21H,5,12-13H2,1-4H3,(H,33,34). The molecule has 36 heavy (non-hydrogen) atoms. The highest BCUT2D eigenvalue weighted by atomic mass is 32.1. The van der Waals surface area contributed by atoms with E-state index in [1.807, 2.05) is 13.8 Å². The summed E-state index contributed by atoms with van der Waals surface area (Å²) in [6.45, 7) is 7.29. The summed E-state index contributed by atoms with van der Waals surface area (Å²) in [6.07, 6.45) is -4.79. The number of hydrogen-bond donors (Lipinski definition) is 1. The van der Waals surface area contributed by atoms with Crippen LogP contribution in [0.25, 0.3) is 10.6 Å². The van der Waals surface area contributed by atoms with Gasteiger partial charge in [-0.15, -0.1) is 11.3 Å². The Labute approximate surface area is 212 Å². The molecule has 0 aliphatic rings. The van der Waals surface area contributed by atoms with E-state index in [-0.39, 0.29) is 35.1 Å². The number of aryl methyl sites for hydroxylation is 2. The maximum Gasteiger partial charge on any atom is 0.417 e. The summed E-state index contributed by atoms with van der Waals surface area (Å²) in [4.78, 5) is 29.6. The van der Waals surface area contributed by atoms with Crippen molar-refractivity contribution in [2.24, 2.45) is 0 Å². The fourth-order valence-corrected chi connectivity index (χ4v) is 5.01. The molecule has 2 aromatic carbocycles. The van der Waals surface area contributed by atoms with Crippen LogP contribution in [0.1, 0.15) is 71.6 Å². The summed E-state index contributed by atoms with van der Waals surface area (Å²) in [7, 11) is 0. The number of halogens is 3. The molecule has 0 amide bonds. The Balaban J connectivity index is 1.84. The van der Waals surface area contributed by atoms with Gasteiger partial charge < -0.3 is 9.84 Å². The van der Waals surface area contributed by atoms with Crippen molar-refractivity contribution in [3.63, 3.8) is 0 Å². The van der Waals surface area contributed by atoms with Gasteiger partial charge in [-0.2, -0.15) is 13.2 Å². The van der Waals surface area contributed by atoms with Crippen molar-refractivity contribution in [1.82, 2.24) is 4.98 Å². The number of Topliss-reactive ketones (excluding diaryl/α,β-unsaturated/α-hetero) is 1. The number of carbonyl (C=O) groups excluding carboxylic acids is 1. The number of thiazole rings is 1. The third-order valence-electron chi connectivity index (χ3n) is 5.74. The Bertz CT molecular complexity index is 1250. The van der Waals surface area contributed by atoms with Gasteiger partial charge in [0.15, 0.2) is 11.9 Å². The van der Waals surface area contributed by atoms with Crippen molar-refractivity contribution in [1.29, 1.82) is 0 Å². The van der Waals surface area contributed by atoms with Crippen LogP contribution in [0.15, 0.2) is 42.5 Å². The van der Waals surface area contributed by atoms with Crippen LogP contribution in [-0.2, 0) is 17.4 Å². The Morgan fingerprint density at radius 1 is 1.14 bits per heavy atom. The summed E-state index contributed by atoms with van der Waals surface area (Å²) in [5, 5.41) is 9.55. The van der Waals surface area contributed by atoms with E-state index in [4.69, 9.17) is 4.74 Å². The number of hydrogen-bond acceptors (Lipinski definition) is 5. The van der Waals surface area contributed by atoms with Gasteiger partial charge in [-0.1, -0.05) is 51.1 Å². The fraction of sp³-hybridized carbons (Fsp3) is 0.370. The minimum absolute atomic E-state index is 0.0266. The number of nitrogens with zero attached hydrogens (tertiary/aromatic N) is 1. The van der Waals surface area contributed by atoms with Crippen molar-refractivity contribution in [3.8, 4) is 16.3 Å². The van der Waals surface area contributed by atoms with Gasteiger partial charge in [0.2, 0.25) is 0 Å². The second kappa shape index (κ2) is 11.2. The number of carbonyl (C=O) groups is 2. The number of aliphatic carboxylic acids is 1. The Morgan fingerprint density at radius 3 is 2.44 bits per heavy atom. The number of rotatable bonds is 10. The van der Waals surface area contributed by atoms with Gasteiger partial charge in [-0.05, 0) is 43.4 Å². The lowest BCUT2D eigenvalue weighted by molar-refractivity contribution is -0.145. The maximum atomic E-state index is 13.5. The van der Waals surface area contributed by atoms with Crippen LogP contribution in [0, 0.1) is 6.92 Å². The number of ketones is 1. The Kier molecular flexibility index (Phi) is 8.55. The van der Waals surface area contributed by atoms with Crippen LogP contribution in [0.5, 0.6) is 5.75 Å². The maximum absolute atomic E-state index is 13.5.